The standard InChI is InChI=1S/C20H25NO6S/c1-26-20(25)14-10-6-4-2-3-5-7-13(10)28-18(14)21-17(22)15-11-8-9-12(27-11)16(15)19(23)24/h11-12,15-16H,2-9H2,1H3,(H,21,22)(H,23,24)/p-1/t11-,12+,15+,16-/m0/s1. The van der Waals surface area contributed by atoms with E-state index in [2.05, 4.69) is 5.32 Å². The van der Waals surface area contributed by atoms with Crippen LogP contribution in [0.3, 0.4) is 0 Å². The van der Waals surface area contributed by atoms with Crippen LogP contribution in [0.1, 0.15) is 59.3 Å². The molecule has 152 valence electrons. The van der Waals surface area contributed by atoms with Crippen molar-refractivity contribution >= 4 is 34.2 Å². The van der Waals surface area contributed by atoms with Crippen LogP contribution in [0, 0.1) is 11.8 Å². The molecule has 0 radical (unpaired) electrons. The monoisotopic (exact) mass is 406 g/mol. The number of rotatable bonds is 4. The second-order valence-electron chi connectivity index (χ2n) is 7.76. The smallest absolute Gasteiger partial charge is 0.341 e. The minimum absolute atomic E-state index is 0.407. The van der Waals surface area contributed by atoms with Gasteiger partial charge in [0.25, 0.3) is 0 Å². The fourth-order valence-corrected chi connectivity index (χ4v) is 6.11. The highest BCUT2D eigenvalue weighted by Gasteiger charge is 2.53. The molecule has 4 rings (SSSR count). The van der Waals surface area contributed by atoms with E-state index in [9.17, 15) is 19.5 Å². The molecular weight excluding hydrogens is 382 g/mol. The molecule has 1 aromatic rings. The molecule has 0 spiro atoms. The molecule has 7 nitrogen and oxygen atoms in total. The van der Waals surface area contributed by atoms with Gasteiger partial charge < -0.3 is 24.7 Å². The van der Waals surface area contributed by atoms with Crippen molar-refractivity contribution in [3.63, 3.8) is 0 Å². The largest absolute Gasteiger partial charge is 0.550 e. The van der Waals surface area contributed by atoms with E-state index in [4.69, 9.17) is 9.47 Å². The molecule has 1 N–H and O–H groups in total. The van der Waals surface area contributed by atoms with Crippen LogP contribution in [0.15, 0.2) is 0 Å². The molecule has 8 heteroatoms. The second-order valence-corrected chi connectivity index (χ2v) is 8.87. The molecular formula is C20H24NO6S-. The van der Waals surface area contributed by atoms with Crippen LogP contribution < -0.4 is 10.4 Å². The lowest BCUT2D eigenvalue weighted by Crippen LogP contribution is -2.46. The summed E-state index contributed by atoms with van der Waals surface area (Å²) >= 11 is 1.41. The lowest BCUT2D eigenvalue weighted by molar-refractivity contribution is -0.313. The minimum atomic E-state index is -1.25. The Balaban J connectivity index is 1.63. The number of carbonyl (C=O) groups is 3. The van der Waals surface area contributed by atoms with Gasteiger partial charge >= 0.3 is 5.97 Å². The molecule has 2 saturated heterocycles. The molecule has 2 aliphatic heterocycles. The van der Waals surface area contributed by atoms with E-state index in [0.29, 0.717) is 23.4 Å². The molecule has 28 heavy (non-hydrogen) atoms. The number of nitrogens with one attached hydrogen (secondary N) is 1. The van der Waals surface area contributed by atoms with E-state index in [-0.39, 0.29) is 0 Å². The molecule has 0 aromatic carbocycles. The van der Waals surface area contributed by atoms with Gasteiger partial charge in [-0.25, -0.2) is 4.79 Å². The van der Waals surface area contributed by atoms with E-state index < -0.39 is 41.9 Å². The lowest BCUT2D eigenvalue weighted by atomic mass is 9.78. The molecule has 1 aromatic heterocycles. The number of ether oxygens (including phenoxy) is 2. The number of anilines is 1. The maximum atomic E-state index is 13.0. The number of aliphatic carboxylic acids is 1. The predicted molar refractivity (Wildman–Crippen MR) is 100 cm³/mol. The number of carboxylic acid groups (broad SMARTS) is 1. The highest BCUT2D eigenvalue weighted by molar-refractivity contribution is 7.17. The van der Waals surface area contributed by atoms with Gasteiger partial charge in [0.2, 0.25) is 5.91 Å². The number of esters is 1. The molecule has 3 heterocycles. The van der Waals surface area contributed by atoms with Crippen molar-refractivity contribution in [2.45, 2.75) is 63.6 Å². The topological polar surface area (TPSA) is 105 Å². The van der Waals surface area contributed by atoms with Crippen LogP contribution in [-0.2, 0) is 31.9 Å². The maximum absolute atomic E-state index is 13.0. The highest BCUT2D eigenvalue weighted by Crippen LogP contribution is 2.45. The molecule has 2 bridgehead atoms. The van der Waals surface area contributed by atoms with Gasteiger partial charge in [-0.05, 0) is 44.1 Å². The average Bonchev–Trinajstić information content (AvgIpc) is 3.34. The third-order valence-corrected chi connectivity index (χ3v) is 7.35. The predicted octanol–water partition coefficient (Wildman–Crippen LogP) is 1.68. The molecule has 4 atom stereocenters. The average molecular weight is 406 g/mol. The van der Waals surface area contributed by atoms with Crippen molar-refractivity contribution in [3.8, 4) is 0 Å². The molecule has 0 unspecified atom stereocenters. The molecule has 1 amide bonds. The third-order valence-electron chi connectivity index (χ3n) is 6.15. The van der Waals surface area contributed by atoms with Crippen molar-refractivity contribution in [1.29, 1.82) is 0 Å². The first-order valence-corrected chi connectivity index (χ1v) is 10.7. The van der Waals surface area contributed by atoms with Crippen molar-refractivity contribution < 1.29 is 29.0 Å². The fourth-order valence-electron chi connectivity index (χ4n) is 4.83. The second kappa shape index (κ2) is 7.83. The number of carboxylic acids is 1. The summed E-state index contributed by atoms with van der Waals surface area (Å²) < 4.78 is 10.6. The lowest BCUT2D eigenvalue weighted by Gasteiger charge is -2.27. The van der Waals surface area contributed by atoms with Gasteiger partial charge in [-0.2, -0.15) is 0 Å². The van der Waals surface area contributed by atoms with Crippen LogP contribution in [0.2, 0.25) is 0 Å². The van der Waals surface area contributed by atoms with Crippen LogP contribution in [0.4, 0.5) is 5.00 Å². The summed E-state index contributed by atoms with van der Waals surface area (Å²) in [5.74, 6) is -3.87. The Kier molecular flexibility index (Phi) is 5.42. The normalized spacial score (nSPS) is 28.9. The maximum Gasteiger partial charge on any atom is 0.341 e. The number of carbonyl (C=O) groups excluding carboxylic acids is 3. The van der Waals surface area contributed by atoms with Gasteiger partial charge in [-0.3, -0.25) is 4.79 Å². The SMILES string of the molecule is COC(=O)c1c(NC(=O)[C@H]2[C@@H](C(=O)[O-])[C@H]3CC[C@@H]2O3)sc2c1CCCCCC2. The first-order chi connectivity index (χ1) is 13.5. The summed E-state index contributed by atoms with van der Waals surface area (Å²) in [6.45, 7) is 0. The van der Waals surface area contributed by atoms with Gasteiger partial charge in [0, 0.05) is 16.8 Å². The van der Waals surface area contributed by atoms with E-state index in [1.807, 2.05) is 0 Å². The quantitative estimate of drug-likeness (QED) is 0.763. The van der Waals surface area contributed by atoms with E-state index >= 15 is 0 Å². The van der Waals surface area contributed by atoms with Crippen molar-refractivity contribution in [1.82, 2.24) is 0 Å². The van der Waals surface area contributed by atoms with Crippen LogP contribution in [0.5, 0.6) is 0 Å². The zero-order valence-electron chi connectivity index (χ0n) is 15.8. The first kappa shape index (κ1) is 19.4. The van der Waals surface area contributed by atoms with Crippen molar-refractivity contribution in [3.05, 3.63) is 16.0 Å². The molecule has 3 aliphatic rings. The van der Waals surface area contributed by atoms with E-state index in [0.717, 1.165) is 49.0 Å². The summed E-state index contributed by atoms with van der Waals surface area (Å²) in [6, 6.07) is 0. The number of aryl methyl sites for hydroxylation is 1. The number of methoxy groups -OCH3 is 1. The van der Waals surface area contributed by atoms with Crippen molar-refractivity contribution in [2.75, 3.05) is 12.4 Å². The van der Waals surface area contributed by atoms with Gasteiger partial charge in [0.1, 0.15) is 5.00 Å². The Morgan fingerprint density at radius 1 is 1.07 bits per heavy atom. The Hall–Kier alpha value is -1.93. The molecule has 2 fully saturated rings. The first-order valence-electron chi connectivity index (χ1n) is 9.91. The van der Waals surface area contributed by atoms with Gasteiger partial charge in [0.05, 0.1) is 30.8 Å². The fraction of sp³-hybridized carbons (Fsp3) is 0.650. The summed E-state index contributed by atoms with van der Waals surface area (Å²) in [5, 5.41) is 14.9. The van der Waals surface area contributed by atoms with E-state index in [1.54, 1.807) is 0 Å². The van der Waals surface area contributed by atoms with Gasteiger partial charge in [-0.1, -0.05) is 12.8 Å². The number of hydrogen-bond donors (Lipinski definition) is 1. The zero-order chi connectivity index (χ0) is 19.8. The summed E-state index contributed by atoms with van der Waals surface area (Å²) in [7, 11) is 1.33. The number of amides is 1. The molecule has 1 aliphatic carbocycles. The molecule has 0 saturated carbocycles. The van der Waals surface area contributed by atoms with Gasteiger partial charge in [-0.15, -0.1) is 11.3 Å². The van der Waals surface area contributed by atoms with E-state index in [1.165, 1.54) is 18.4 Å². The summed E-state index contributed by atoms with van der Waals surface area (Å²) in [4.78, 5) is 38.2. The number of thiophene rings is 1. The Bertz CT molecular complexity index is 803. The zero-order valence-corrected chi connectivity index (χ0v) is 16.6. The summed E-state index contributed by atoms with van der Waals surface area (Å²) in [5.41, 5.74) is 1.39. The Labute approximate surface area is 167 Å². The van der Waals surface area contributed by atoms with Crippen LogP contribution >= 0.6 is 11.3 Å². The minimum Gasteiger partial charge on any atom is -0.550 e. The Morgan fingerprint density at radius 3 is 2.43 bits per heavy atom. The summed E-state index contributed by atoms with van der Waals surface area (Å²) in [6.07, 6.45) is 6.40. The highest BCUT2D eigenvalue weighted by atomic mass is 32.1. The van der Waals surface area contributed by atoms with Crippen molar-refractivity contribution in [2.24, 2.45) is 11.8 Å². The van der Waals surface area contributed by atoms with Gasteiger partial charge in [0.15, 0.2) is 0 Å². The Morgan fingerprint density at radius 2 is 1.75 bits per heavy atom. The number of hydrogen-bond acceptors (Lipinski definition) is 7. The number of fused-ring (bicyclic) bond motifs is 3. The van der Waals surface area contributed by atoms with Crippen LogP contribution in [0.25, 0.3) is 0 Å². The van der Waals surface area contributed by atoms with Crippen LogP contribution in [-0.4, -0.2) is 37.2 Å². The third kappa shape index (κ3) is 3.33.